The SMILES string of the molecule is COC(=O)C1=C(CN2CC3CC2C(F)(F)C3)NC(c2nccs2)=N[C@H]1c1ccc(F)cc1Cl. The molecule has 3 heterocycles. The van der Waals surface area contributed by atoms with Crippen molar-refractivity contribution in [1.82, 2.24) is 15.2 Å². The molecule has 2 unspecified atom stereocenters. The lowest BCUT2D eigenvalue weighted by molar-refractivity contribution is -0.136. The number of likely N-dealkylation sites (tertiary alicyclic amines) is 1. The second-order valence-electron chi connectivity index (χ2n) is 8.40. The molecule has 2 bridgehead atoms. The second kappa shape index (κ2) is 8.41. The summed E-state index contributed by atoms with van der Waals surface area (Å²) < 4.78 is 47.6. The maximum Gasteiger partial charge on any atom is 0.338 e. The molecule has 33 heavy (non-hydrogen) atoms. The summed E-state index contributed by atoms with van der Waals surface area (Å²) in [5.74, 6) is -3.66. The topological polar surface area (TPSA) is 66.8 Å². The van der Waals surface area contributed by atoms with Gasteiger partial charge in [-0.15, -0.1) is 11.3 Å². The number of carbonyl (C=O) groups is 1. The van der Waals surface area contributed by atoms with Crippen LogP contribution < -0.4 is 5.32 Å². The fourth-order valence-electron chi connectivity index (χ4n) is 4.95. The predicted octanol–water partition coefficient (Wildman–Crippen LogP) is 4.18. The van der Waals surface area contributed by atoms with Crippen molar-refractivity contribution in [3.63, 3.8) is 0 Å². The minimum absolute atomic E-state index is 0.0785. The van der Waals surface area contributed by atoms with E-state index in [1.54, 1.807) is 16.5 Å². The molecule has 2 aliphatic heterocycles. The van der Waals surface area contributed by atoms with E-state index in [1.165, 1.54) is 30.6 Å². The number of carbonyl (C=O) groups excluding carboxylic acids is 1. The monoisotopic (exact) mass is 496 g/mol. The van der Waals surface area contributed by atoms with Gasteiger partial charge in [0.05, 0.1) is 18.7 Å². The molecule has 3 atom stereocenters. The summed E-state index contributed by atoms with van der Waals surface area (Å²) in [6.07, 6.45) is 1.93. The number of piperidine rings is 1. The number of aliphatic imine (C=N–C) groups is 1. The number of hydrogen-bond acceptors (Lipinski definition) is 7. The van der Waals surface area contributed by atoms with Crippen molar-refractivity contribution < 1.29 is 22.7 Å². The first-order valence-corrected chi connectivity index (χ1v) is 11.7. The molecule has 5 rings (SSSR count). The van der Waals surface area contributed by atoms with E-state index in [-0.39, 0.29) is 29.5 Å². The molecule has 1 saturated heterocycles. The first kappa shape index (κ1) is 22.4. The molecule has 1 aromatic carbocycles. The first-order chi connectivity index (χ1) is 15.8. The number of amidine groups is 1. The van der Waals surface area contributed by atoms with Crippen molar-refractivity contribution >= 4 is 34.7 Å². The summed E-state index contributed by atoms with van der Waals surface area (Å²) in [6, 6.07) is 2.04. The Kier molecular flexibility index (Phi) is 5.70. The zero-order valence-electron chi connectivity index (χ0n) is 17.5. The molecular weight excluding hydrogens is 477 g/mol. The number of ether oxygens (including phenoxy) is 1. The highest BCUT2D eigenvalue weighted by Crippen LogP contribution is 2.48. The Bertz CT molecular complexity index is 1150. The summed E-state index contributed by atoms with van der Waals surface area (Å²) in [7, 11) is 1.24. The van der Waals surface area contributed by atoms with Crippen LogP contribution in [0.5, 0.6) is 0 Å². The third-order valence-electron chi connectivity index (χ3n) is 6.32. The Morgan fingerprint density at radius 3 is 2.88 bits per heavy atom. The minimum Gasteiger partial charge on any atom is -0.466 e. The van der Waals surface area contributed by atoms with Crippen molar-refractivity contribution in [2.24, 2.45) is 10.9 Å². The highest BCUT2D eigenvalue weighted by atomic mass is 35.5. The van der Waals surface area contributed by atoms with E-state index >= 15 is 0 Å². The molecule has 2 fully saturated rings. The predicted molar refractivity (Wildman–Crippen MR) is 118 cm³/mol. The molecule has 1 aliphatic carbocycles. The summed E-state index contributed by atoms with van der Waals surface area (Å²) in [6.45, 7) is 0.604. The number of benzene rings is 1. The lowest BCUT2D eigenvalue weighted by Crippen LogP contribution is -2.48. The van der Waals surface area contributed by atoms with Crippen molar-refractivity contribution in [1.29, 1.82) is 0 Å². The van der Waals surface area contributed by atoms with Gasteiger partial charge in [0.15, 0.2) is 10.8 Å². The molecule has 1 N–H and O–H groups in total. The molecule has 6 nitrogen and oxygen atoms in total. The molecule has 2 aromatic rings. The number of thiazole rings is 1. The van der Waals surface area contributed by atoms with E-state index in [0.717, 1.165) is 6.07 Å². The largest absolute Gasteiger partial charge is 0.466 e. The number of alkyl halides is 2. The van der Waals surface area contributed by atoms with Gasteiger partial charge in [-0.2, -0.15) is 0 Å². The number of nitrogens with one attached hydrogen (secondary N) is 1. The van der Waals surface area contributed by atoms with Gasteiger partial charge in [0.1, 0.15) is 11.9 Å². The maximum atomic E-state index is 14.4. The van der Waals surface area contributed by atoms with Gasteiger partial charge < -0.3 is 10.1 Å². The van der Waals surface area contributed by atoms with Crippen LogP contribution in [0.4, 0.5) is 13.2 Å². The molecule has 174 valence electrons. The quantitative estimate of drug-likeness (QED) is 0.629. The molecule has 11 heteroatoms. The highest BCUT2D eigenvalue weighted by Gasteiger charge is 2.56. The van der Waals surface area contributed by atoms with E-state index in [1.807, 2.05) is 0 Å². The van der Waals surface area contributed by atoms with E-state index in [0.29, 0.717) is 35.1 Å². The van der Waals surface area contributed by atoms with E-state index in [9.17, 15) is 18.0 Å². The zero-order chi connectivity index (χ0) is 23.3. The second-order valence-corrected chi connectivity index (χ2v) is 9.71. The molecule has 0 spiro atoms. The van der Waals surface area contributed by atoms with Crippen LogP contribution in [0, 0.1) is 11.7 Å². The third-order valence-corrected chi connectivity index (χ3v) is 7.43. The molecule has 3 aliphatic rings. The van der Waals surface area contributed by atoms with Gasteiger partial charge in [0.25, 0.3) is 5.92 Å². The van der Waals surface area contributed by atoms with Gasteiger partial charge in [0.2, 0.25) is 0 Å². The smallest absolute Gasteiger partial charge is 0.338 e. The van der Waals surface area contributed by atoms with E-state index in [4.69, 9.17) is 16.3 Å². The first-order valence-electron chi connectivity index (χ1n) is 10.4. The number of rotatable bonds is 5. The van der Waals surface area contributed by atoms with Crippen LogP contribution in [0.25, 0.3) is 0 Å². The number of nitrogens with zero attached hydrogens (tertiary/aromatic N) is 3. The van der Waals surface area contributed by atoms with Gasteiger partial charge in [-0.1, -0.05) is 17.7 Å². The molecule has 1 saturated carbocycles. The van der Waals surface area contributed by atoms with Crippen LogP contribution >= 0.6 is 22.9 Å². The Balaban J connectivity index is 1.60. The number of hydrogen-bond donors (Lipinski definition) is 1. The van der Waals surface area contributed by atoms with Gasteiger partial charge in [-0.3, -0.25) is 9.89 Å². The van der Waals surface area contributed by atoms with Crippen LogP contribution in [0.1, 0.15) is 29.5 Å². The maximum absolute atomic E-state index is 14.4. The average Bonchev–Trinajstić information content (AvgIpc) is 3.48. The van der Waals surface area contributed by atoms with Crippen LogP contribution in [0.3, 0.4) is 0 Å². The zero-order valence-corrected chi connectivity index (χ0v) is 19.1. The third kappa shape index (κ3) is 4.04. The van der Waals surface area contributed by atoms with Crippen molar-refractivity contribution in [3.05, 3.63) is 62.5 Å². The minimum atomic E-state index is -2.77. The van der Waals surface area contributed by atoms with Crippen LogP contribution in [-0.2, 0) is 9.53 Å². The number of halogens is 4. The Morgan fingerprint density at radius 2 is 2.24 bits per heavy atom. The fraction of sp³-hybridized carbons (Fsp3) is 0.409. The molecular formula is C22H20ClF3N4O2S. The lowest BCUT2D eigenvalue weighted by Gasteiger charge is -2.35. The Labute approximate surface area is 197 Å². The van der Waals surface area contributed by atoms with Crippen molar-refractivity contribution in [2.75, 3.05) is 20.2 Å². The van der Waals surface area contributed by atoms with Gasteiger partial charge >= 0.3 is 5.97 Å². The molecule has 0 radical (unpaired) electrons. The van der Waals surface area contributed by atoms with Crippen LogP contribution in [0.2, 0.25) is 5.02 Å². The Hall–Kier alpha value is -2.43. The van der Waals surface area contributed by atoms with Crippen molar-refractivity contribution in [2.45, 2.75) is 30.8 Å². The summed E-state index contributed by atoms with van der Waals surface area (Å²) in [5, 5.41) is 5.57. The van der Waals surface area contributed by atoms with Crippen molar-refractivity contribution in [3.8, 4) is 0 Å². The van der Waals surface area contributed by atoms with Crippen LogP contribution in [-0.4, -0.2) is 53.9 Å². The van der Waals surface area contributed by atoms with Gasteiger partial charge in [0, 0.05) is 47.4 Å². The summed E-state index contributed by atoms with van der Waals surface area (Å²) >= 11 is 7.66. The van der Waals surface area contributed by atoms with Crippen LogP contribution in [0.15, 0.2) is 46.0 Å². The highest BCUT2D eigenvalue weighted by molar-refractivity contribution is 7.11. The fourth-order valence-corrected chi connectivity index (χ4v) is 5.81. The summed E-state index contributed by atoms with van der Waals surface area (Å²) in [5.41, 5.74) is 0.952. The van der Waals surface area contributed by atoms with E-state index < -0.39 is 29.8 Å². The van der Waals surface area contributed by atoms with Gasteiger partial charge in [-0.05, 0) is 24.5 Å². The average molecular weight is 497 g/mol. The standard InChI is InChI=1S/C22H20ClF3N4O2S/c1-32-21(31)17-15(10-30-9-11-6-16(30)22(25,26)8-11)28-19(20-27-4-5-33-20)29-18(17)13-3-2-12(24)7-14(13)23/h2-5,7,11,16,18H,6,8-10H2,1H3,(H,28,29)/t11?,16?,18-/m0/s1. The Morgan fingerprint density at radius 1 is 1.42 bits per heavy atom. The number of aromatic nitrogens is 1. The normalized spacial score (nSPS) is 26.3. The molecule has 0 amide bonds. The number of fused-ring (bicyclic) bond motifs is 2. The van der Waals surface area contributed by atoms with E-state index in [2.05, 4.69) is 15.3 Å². The number of esters is 1. The summed E-state index contributed by atoms with van der Waals surface area (Å²) in [4.78, 5) is 23.5. The van der Waals surface area contributed by atoms with Gasteiger partial charge in [-0.25, -0.2) is 22.9 Å². The lowest BCUT2D eigenvalue weighted by atomic mass is 9.94. The number of methoxy groups -OCH3 is 1. The molecule has 1 aromatic heterocycles.